The molecule has 9 heavy (non-hydrogen) atoms. The molecule has 3 heteroatoms. The number of halogens is 1. The van der Waals surface area contributed by atoms with Gasteiger partial charge in [-0.3, -0.25) is 4.99 Å². The Bertz CT molecular complexity index is 160. The number of allylic oxidation sites excluding steroid dienone is 1. The van der Waals surface area contributed by atoms with Gasteiger partial charge >= 0.3 is 0 Å². The molecule has 0 radical (unpaired) electrons. The first-order valence-corrected chi connectivity index (χ1v) is 3.58. The molecule has 0 saturated carbocycles. The SMILES string of the molecule is CC1(Br)C=CC=NC1N. The zero-order valence-corrected chi connectivity index (χ0v) is 6.80. The van der Waals surface area contributed by atoms with Gasteiger partial charge in [0.2, 0.25) is 0 Å². The zero-order chi connectivity index (χ0) is 6.91. The van der Waals surface area contributed by atoms with Crippen molar-refractivity contribution >= 4 is 22.1 Å². The summed E-state index contributed by atoms with van der Waals surface area (Å²) in [5, 5.41) is 0. The highest BCUT2D eigenvalue weighted by Gasteiger charge is 2.25. The van der Waals surface area contributed by atoms with Gasteiger partial charge in [0.25, 0.3) is 0 Å². The lowest BCUT2D eigenvalue weighted by atomic mass is 10.1. The lowest BCUT2D eigenvalue weighted by molar-refractivity contribution is 0.612. The summed E-state index contributed by atoms with van der Waals surface area (Å²) in [5.74, 6) is 0. The summed E-state index contributed by atoms with van der Waals surface area (Å²) in [6.07, 6.45) is 5.44. The number of nitrogens with two attached hydrogens (primary N) is 1. The summed E-state index contributed by atoms with van der Waals surface area (Å²) in [6.45, 7) is 1.99. The van der Waals surface area contributed by atoms with E-state index in [0.29, 0.717) is 0 Å². The van der Waals surface area contributed by atoms with Crippen LogP contribution in [0.25, 0.3) is 0 Å². The summed E-state index contributed by atoms with van der Waals surface area (Å²) in [4.78, 5) is 4.00. The van der Waals surface area contributed by atoms with Crippen molar-refractivity contribution in [3.05, 3.63) is 12.2 Å². The van der Waals surface area contributed by atoms with Crippen molar-refractivity contribution in [2.75, 3.05) is 0 Å². The third-order valence-corrected chi connectivity index (χ3v) is 2.07. The minimum absolute atomic E-state index is 0.150. The molecule has 2 nitrogen and oxygen atoms in total. The molecule has 0 spiro atoms. The topological polar surface area (TPSA) is 38.4 Å². The largest absolute Gasteiger partial charge is 0.308 e. The van der Waals surface area contributed by atoms with Gasteiger partial charge in [-0.1, -0.05) is 22.0 Å². The Balaban J connectivity index is 2.78. The van der Waals surface area contributed by atoms with E-state index in [-0.39, 0.29) is 10.5 Å². The van der Waals surface area contributed by atoms with Gasteiger partial charge in [-0.05, 0) is 13.0 Å². The van der Waals surface area contributed by atoms with Crippen molar-refractivity contribution in [1.29, 1.82) is 0 Å². The third-order valence-electron chi connectivity index (χ3n) is 1.33. The molecule has 0 amide bonds. The van der Waals surface area contributed by atoms with E-state index >= 15 is 0 Å². The molecule has 2 atom stereocenters. The van der Waals surface area contributed by atoms with E-state index in [1.165, 1.54) is 0 Å². The Labute approximate surface area is 63.0 Å². The molecule has 1 aliphatic heterocycles. The molecule has 0 aliphatic carbocycles. The maximum absolute atomic E-state index is 5.62. The molecule has 2 N–H and O–H groups in total. The first-order valence-electron chi connectivity index (χ1n) is 2.78. The van der Waals surface area contributed by atoms with Crippen LogP contribution in [0.2, 0.25) is 0 Å². The van der Waals surface area contributed by atoms with Gasteiger partial charge in [0.1, 0.15) is 6.17 Å². The highest BCUT2D eigenvalue weighted by molar-refractivity contribution is 9.10. The molecular formula is C6H9BrN2. The lowest BCUT2D eigenvalue weighted by Gasteiger charge is -2.24. The van der Waals surface area contributed by atoms with Crippen molar-refractivity contribution in [2.45, 2.75) is 17.4 Å². The second kappa shape index (κ2) is 2.23. The number of hydrogen-bond acceptors (Lipinski definition) is 2. The normalized spacial score (nSPS) is 41.4. The zero-order valence-electron chi connectivity index (χ0n) is 5.21. The van der Waals surface area contributed by atoms with E-state index in [1.54, 1.807) is 6.21 Å². The fourth-order valence-electron chi connectivity index (χ4n) is 0.618. The number of hydrogen-bond donors (Lipinski definition) is 1. The van der Waals surface area contributed by atoms with Crippen LogP contribution in [-0.2, 0) is 0 Å². The van der Waals surface area contributed by atoms with Gasteiger partial charge < -0.3 is 5.73 Å². The van der Waals surface area contributed by atoms with Crippen molar-refractivity contribution in [3.8, 4) is 0 Å². The van der Waals surface area contributed by atoms with E-state index in [2.05, 4.69) is 20.9 Å². The van der Waals surface area contributed by atoms with Crippen LogP contribution in [0, 0.1) is 0 Å². The standard InChI is InChI=1S/C6H9BrN2/c1-6(7)3-2-4-9-5(6)8/h2-5H,8H2,1H3. The van der Waals surface area contributed by atoms with Crippen molar-refractivity contribution in [3.63, 3.8) is 0 Å². The molecule has 0 aromatic heterocycles. The molecule has 0 bridgehead atoms. The molecule has 2 unspecified atom stereocenters. The van der Waals surface area contributed by atoms with E-state index in [1.807, 2.05) is 19.1 Å². The maximum atomic E-state index is 5.62. The summed E-state index contributed by atoms with van der Waals surface area (Å²) < 4.78 is -0.151. The van der Waals surface area contributed by atoms with Crippen molar-refractivity contribution in [1.82, 2.24) is 0 Å². The lowest BCUT2D eigenvalue weighted by Crippen LogP contribution is -2.38. The first kappa shape index (κ1) is 6.96. The van der Waals surface area contributed by atoms with E-state index in [0.717, 1.165) is 0 Å². The van der Waals surface area contributed by atoms with Crippen LogP contribution in [0.4, 0.5) is 0 Å². The highest BCUT2D eigenvalue weighted by Crippen LogP contribution is 2.24. The smallest absolute Gasteiger partial charge is 0.116 e. The minimum atomic E-state index is -0.151. The number of rotatable bonds is 0. The molecule has 1 rings (SSSR count). The maximum Gasteiger partial charge on any atom is 0.116 e. The minimum Gasteiger partial charge on any atom is -0.308 e. The Morgan fingerprint density at radius 3 is 2.78 bits per heavy atom. The number of nitrogens with zero attached hydrogens (tertiary/aromatic N) is 1. The quantitative estimate of drug-likeness (QED) is 0.568. The second-order valence-corrected chi connectivity index (χ2v) is 3.96. The van der Waals surface area contributed by atoms with Crippen LogP contribution in [0.5, 0.6) is 0 Å². The van der Waals surface area contributed by atoms with Crippen LogP contribution in [0.15, 0.2) is 17.1 Å². The predicted octanol–water partition coefficient (Wildman–Crippen LogP) is 1.07. The number of alkyl halides is 1. The average Bonchev–Trinajstić information content (AvgIpc) is 1.77. The van der Waals surface area contributed by atoms with Gasteiger partial charge in [0.15, 0.2) is 0 Å². The summed E-state index contributed by atoms with van der Waals surface area (Å²) in [7, 11) is 0. The molecule has 1 aliphatic rings. The van der Waals surface area contributed by atoms with Crippen LogP contribution in [0.3, 0.4) is 0 Å². The molecule has 0 saturated heterocycles. The Kier molecular flexibility index (Phi) is 1.73. The summed E-state index contributed by atoms with van der Waals surface area (Å²) in [6, 6.07) is 0. The third kappa shape index (κ3) is 1.40. The Hall–Kier alpha value is -0.150. The second-order valence-electron chi connectivity index (χ2n) is 2.25. The van der Waals surface area contributed by atoms with Gasteiger partial charge in [-0.15, -0.1) is 0 Å². The number of aliphatic imine (C=N–C) groups is 1. The fraction of sp³-hybridized carbons (Fsp3) is 0.500. The van der Waals surface area contributed by atoms with Gasteiger partial charge in [0, 0.05) is 6.21 Å². The van der Waals surface area contributed by atoms with Crippen LogP contribution < -0.4 is 5.73 Å². The Morgan fingerprint density at radius 2 is 2.44 bits per heavy atom. The highest BCUT2D eigenvalue weighted by atomic mass is 79.9. The summed E-state index contributed by atoms with van der Waals surface area (Å²) >= 11 is 3.43. The van der Waals surface area contributed by atoms with Crippen LogP contribution in [0.1, 0.15) is 6.92 Å². The average molecular weight is 189 g/mol. The van der Waals surface area contributed by atoms with E-state index in [4.69, 9.17) is 5.73 Å². The molecule has 0 aromatic rings. The molecule has 1 heterocycles. The van der Waals surface area contributed by atoms with Crippen molar-refractivity contribution < 1.29 is 0 Å². The monoisotopic (exact) mass is 188 g/mol. The van der Waals surface area contributed by atoms with Gasteiger partial charge in [-0.2, -0.15) is 0 Å². The van der Waals surface area contributed by atoms with Gasteiger partial charge in [-0.25, -0.2) is 0 Å². The predicted molar refractivity (Wildman–Crippen MR) is 42.9 cm³/mol. The molecule has 0 aromatic carbocycles. The molecule has 50 valence electrons. The number of dihydropyridines is 1. The van der Waals surface area contributed by atoms with Crippen LogP contribution in [-0.4, -0.2) is 16.7 Å². The molecule has 0 fully saturated rings. The van der Waals surface area contributed by atoms with E-state index in [9.17, 15) is 0 Å². The Morgan fingerprint density at radius 1 is 1.78 bits per heavy atom. The first-order chi connectivity index (χ1) is 4.13. The van der Waals surface area contributed by atoms with Crippen LogP contribution >= 0.6 is 15.9 Å². The fourth-order valence-corrected chi connectivity index (χ4v) is 0.889. The van der Waals surface area contributed by atoms with E-state index < -0.39 is 0 Å². The van der Waals surface area contributed by atoms with Crippen molar-refractivity contribution in [2.24, 2.45) is 10.7 Å². The van der Waals surface area contributed by atoms with Gasteiger partial charge in [0.05, 0.1) is 4.32 Å². The summed E-state index contributed by atoms with van der Waals surface area (Å²) in [5.41, 5.74) is 5.62. The molecular weight excluding hydrogens is 180 g/mol.